The van der Waals surface area contributed by atoms with E-state index in [1.54, 1.807) is 19.2 Å². The Labute approximate surface area is 111 Å². The molecule has 6 nitrogen and oxygen atoms in total. The molecule has 19 heavy (non-hydrogen) atoms. The van der Waals surface area contributed by atoms with Gasteiger partial charge in [0.25, 0.3) is 0 Å². The molecule has 1 heterocycles. The summed E-state index contributed by atoms with van der Waals surface area (Å²) in [5.74, 6) is 1.39. The first-order valence-corrected chi connectivity index (χ1v) is 6.10. The third-order valence-electron chi connectivity index (χ3n) is 3.01. The number of ether oxygens (including phenoxy) is 2. The molecular formula is C13H18N2O4. The smallest absolute Gasteiger partial charge is 0.231 e. The number of rotatable bonds is 5. The normalized spacial score (nSPS) is 12.8. The van der Waals surface area contributed by atoms with Gasteiger partial charge in [0.2, 0.25) is 12.7 Å². The molecule has 1 aliphatic heterocycles. The number of nitrogens with zero attached hydrogens (tertiary/aromatic N) is 1. The van der Waals surface area contributed by atoms with Crippen molar-refractivity contribution in [1.29, 1.82) is 0 Å². The van der Waals surface area contributed by atoms with Gasteiger partial charge in [0.05, 0.1) is 0 Å². The number of carbonyl (C=O) groups is 1. The quantitative estimate of drug-likeness (QED) is 0.820. The van der Waals surface area contributed by atoms with Crippen molar-refractivity contribution in [2.24, 2.45) is 0 Å². The summed E-state index contributed by atoms with van der Waals surface area (Å²) in [6.07, 6.45) is 0.429. The number of amides is 1. The summed E-state index contributed by atoms with van der Waals surface area (Å²) in [5.41, 5.74) is 0.753. The van der Waals surface area contributed by atoms with Gasteiger partial charge < -0.3 is 24.8 Å². The zero-order valence-electron chi connectivity index (χ0n) is 11.1. The molecule has 0 aliphatic carbocycles. The van der Waals surface area contributed by atoms with E-state index in [0.717, 1.165) is 5.56 Å². The van der Waals surface area contributed by atoms with Gasteiger partial charge in [-0.15, -0.1) is 0 Å². The predicted molar refractivity (Wildman–Crippen MR) is 69.2 cm³/mol. The van der Waals surface area contributed by atoms with E-state index in [2.05, 4.69) is 5.32 Å². The molecule has 1 aromatic rings. The van der Waals surface area contributed by atoms with Crippen molar-refractivity contribution in [2.75, 3.05) is 27.4 Å². The number of hydrogen-bond donors (Lipinski definition) is 2. The van der Waals surface area contributed by atoms with Crippen molar-refractivity contribution in [3.8, 4) is 17.2 Å². The second-order valence-electron chi connectivity index (χ2n) is 4.50. The van der Waals surface area contributed by atoms with Crippen molar-refractivity contribution >= 4 is 5.91 Å². The molecule has 0 aromatic heterocycles. The Morgan fingerprint density at radius 1 is 1.42 bits per heavy atom. The summed E-state index contributed by atoms with van der Waals surface area (Å²) < 4.78 is 10.5. The molecule has 0 saturated carbocycles. The van der Waals surface area contributed by atoms with Crippen molar-refractivity contribution in [3.63, 3.8) is 0 Å². The minimum atomic E-state index is 0.00163. The van der Waals surface area contributed by atoms with E-state index in [0.29, 0.717) is 31.0 Å². The van der Waals surface area contributed by atoms with E-state index >= 15 is 0 Å². The second kappa shape index (κ2) is 5.79. The van der Waals surface area contributed by atoms with Crippen LogP contribution < -0.4 is 14.8 Å². The molecule has 6 heteroatoms. The van der Waals surface area contributed by atoms with Gasteiger partial charge in [-0.1, -0.05) is 0 Å². The first kappa shape index (κ1) is 13.5. The van der Waals surface area contributed by atoms with E-state index in [1.807, 2.05) is 11.9 Å². The Bertz CT molecular complexity index is 476. The van der Waals surface area contributed by atoms with Crippen LogP contribution in [0.1, 0.15) is 12.0 Å². The number of phenolic OH excluding ortho intramolecular Hbond substituents is 1. The first-order valence-electron chi connectivity index (χ1n) is 6.10. The summed E-state index contributed by atoms with van der Waals surface area (Å²) in [7, 11) is 3.51. The number of nitrogens with one attached hydrogen (secondary N) is 1. The Balaban J connectivity index is 1.97. The average Bonchev–Trinajstić information content (AvgIpc) is 2.83. The lowest BCUT2D eigenvalue weighted by atomic mass is 10.1. The van der Waals surface area contributed by atoms with Gasteiger partial charge >= 0.3 is 0 Å². The highest BCUT2D eigenvalue weighted by atomic mass is 16.7. The van der Waals surface area contributed by atoms with Crippen LogP contribution in [0.2, 0.25) is 0 Å². The molecule has 104 valence electrons. The van der Waals surface area contributed by atoms with Crippen molar-refractivity contribution in [3.05, 3.63) is 17.7 Å². The maximum absolute atomic E-state index is 11.2. The fraction of sp³-hybridized carbons (Fsp3) is 0.462. The highest BCUT2D eigenvalue weighted by Crippen LogP contribution is 2.37. The third-order valence-corrected chi connectivity index (χ3v) is 3.01. The topological polar surface area (TPSA) is 71.0 Å². The van der Waals surface area contributed by atoms with Gasteiger partial charge in [0.1, 0.15) is 5.75 Å². The fourth-order valence-corrected chi connectivity index (χ4v) is 1.89. The van der Waals surface area contributed by atoms with Crippen LogP contribution in [-0.2, 0) is 11.3 Å². The van der Waals surface area contributed by atoms with E-state index in [1.165, 1.54) is 0 Å². The minimum Gasteiger partial charge on any atom is -0.507 e. The van der Waals surface area contributed by atoms with Crippen LogP contribution in [0.25, 0.3) is 0 Å². The monoisotopic (exact) mass is 266 g/mol. The molecule has 1 aromatic carbocycles. The van der Waals surface area contributed by atoms with Crippen LogP contribution in [0.3, 0.4) is 0 Å². The van der Waals surface area contributed by atoms with E-state index in [9.17, 15) is 9.90 Å². The largest absolute Gasteiger partial charge is 0.507 e. The molecule has 2 rings (SSSR count). The maximum Gasteiger partial charge on any atom is 0.231 e. The summed E-state index contributed by atoms with van der Waals surface area (Å²) in [4.78, 5) is 13.1. The highest BCUT2D eigenvalue weighted by Gasteiger charge is 2.17. The predicted octanol–water partition coefficient (Wildman–Crippen LogP) is 0.689. The lowest BCUT2D eigenvalue weighted by molar-refractivity contribution is -0.120. The van der Waals surface area contributed by atoms with Gasteiger partial charge in [0.15, 0.2) is 11.5 Å². The number of phenols is 1. The number of fused-ring (bicyclic) bond motifs is 1. The summed E-state index contributed by atoms with van der Waals surface area (Å²) in [6.45, 7) is 1.35. The first-order chi connectivity index (χ1) is 9.10. The molecule has 0 unspecified atom stereocenters. The molecule has 1 amide bonds. The number of hydrogen-bond acceptors (Lipinski definition) is 5. The van der Waals surface area contributed by atoms with Gasteiger partial charge in [0, 0.05) is 38.2 Å². The SMILES string of the molecule is CNC(=O)CCN(C)Cc1cc2c(cc1O)OCO2. The lowest BCUT2D eigenvalue weighted by Gasteiger charge is -2.17. The van der Waals surface area contributed by atoms with Crippen LogP contribution in [0.15, 0.2) is 12.1 Å². The van der Waals surface area contributed by atoms with Crippen LogP contribution in [0.4, 0.5) is 0 Å². The zero-order valence-corrected chi connectivity index (χ0v) is 11.1. The van der Waals surface area contributed by atoms with Crippen LogP contribution in [0, 0.1) is 0 Å². The number of aromatic hydroxyl groups is 1. The Hall–Kier alpha value is -1.95. The Morgan fingerprint density at radius 2 is 2.11 bits per heavy atom. The minimum absolute atomic E-state index is 0.00163. The number of carbonyl (C=O) groups excluding carboxylic acids is 1. The molecule has 0 spiro atoms. The Morgan fingerprint density at radius 3 is 2.79 bits per heavy atom. The highest BCUT2D eigenvalue weighted by molar-refractivity contribution is 5.75. The molecule has 0 saturated heterocycles. The van der Waals surface area contributed by atoms with E-state index < -0.39 is 0 Å². The maximum atomic E-state index is 11.2. The van der Waals surface area contributed by atoms with Crippen LogP contribution in [0.5, 0.6) is 17.2 Å². The lowest BCUT2D eigenvalue weighted by Crippen LogP contribution is -2.26. The second-order valence-corrected chi connectivity index (χ2v) is 4.50. The van der Waals surface area contributed by atoms with E-state index in [-0.39, 0.29) is 18.4 Å². The summed E-state index contributed by atoms with van der Waals surface area (Å²) in [5, 5.41) is 12.5. The average molecular weight is 266 g/mol. The standard InChI is InChI=1S/C13H18N2O4/c1-14-13(17)3-4-15(2)7-9-5-11-12(6-10(9)16)19-8-18-11/h5-6,16H,3-4,7-8H2,1-2H3,(H,14,17). The summed E-state index contributed by atoms with van der Waals surface area (Å²) in [6, 6.07) is 3.33. The van der Waals surface area contributed by atoms with Gasteiger partial charge in [-0.05, 0) is 13.1 Å². The molecule has 1 aliphatic rings. The fourth-order valence-electron chi connectivity index (χ4n) is 1.89. The zero-order chi connectivity index (χ0) is 13.8. The van der Waals surface area contributed by atoms with Gasteiger partial charge in [-0.2, -0.15) is 0 Å². The molecular weight excluding hydrogens is 248 g/mol. The Kier molecular flexibility index (Phi) is 4.11. The van der Waals surface area contributed by atoms with Crippen LogP contribution in [-0.4, -0.2) is 43.3 Å². The number of benzene rings is 1. The van der Waals surface area contributed by atoms with E-state index in [4.69, 9.17) is 9.47 Å². The third kappa shape index (κ3) is 3.29. The van der Waals surface area contributed by atoms with Crippen LogP contribution >= 0.6 is 0 Å². The molecule has 0 fully saturated rings. The molecule has 0 atom stereocenters. The van der Waals surface area contributed by atoms with Gasteiger partial charge in [-0.3, -0.25) is 4.79 Å². The van der Waals surface area contributed by atoms with Crippen molar-refractivity contribution < 1.29 is 19.4 Å². The van der Waals surface area contributed by atoms with Crippen molar-refractivity contribution in [1.82, 2.24) is 10.2 Å². The van der Waals surface area contributed by atoms with Crippen molar-refractivity contribution in [2.45, 2.75) is 13.0 Å². The molecule has 0 radical (unpaired) electrons. The summed E-state index contributed by atoms with van der Waals surface area (Å²) >= 11 is 0. The van der Waals surface area contributed by atoms with Gasteiger partial charge in [-0.25, -0.2) is 0 Å². The molecule has 0 bridgehead atoms. The molecule has 2 N–H and O–H groups in total.